The van der Waals surface area contributed by atoms with Crippen LogP contribution in [0.4, 0.5) is 19.4 Å². The molecule has 0 saturated carbocycles. The smallest absolute Gasteiger partial charge is 0.410 e. The first-order valence-electron chi connectivity index (χ1n) is 23.9. The molecule has 0 N–H and O–H groups in total. The maximum absolute atomic E-state index is 18.2. The molecular formula is C50H68F2N6O7Si2. The van der Waals surface area contributed by atoms with E-state index >= 15 is 8.78 Å². The van der Waals surface area contributed by atoms with Crippen LogP contribution in [-0.4, -0.2) is 136 Å². The summed E-state index contributed by atoms with van der Waals surface area (Å²) in [6.07, 6.45) is 2.39. The van der Waals surface area contributed by atoms with Gasteiger partial charge in [-0.25, -0.2) is 18.6 Å². The van der Waals surface area contributed by atoms with Crippen molar-refractivity contribution in [2.75, 3.05) is 70.7 Å². The van der Waals surface area contributed by atoms with Gasteiger partial charge in [-0.2, -0.15) is 9.97 Å². The summed E-state index contributed by atoms with van der Waals surface area (Å²) in [6.45, 7) is 26.9. The van der Waals surface area contributed by atoms with E-state index in [0.29, 0.717) is 70.3 Å². The minimum absolute atomic E-state index is 0.0339. The van der Waals surface area contributed by atoms with Gasteiger partial charge in [0.1, 0.15) is 62.3 Å². The Morgan fingerprint density at radius 3 is 2.33 bits per heavy atom. The number of ether oxygens (including phenoxy) is 6. The molecule has 0 spiro atoms. The molecule has 4 aliphatic rings. The number of anilines is 1. The molecule has 1 amide bonds. The summed E-state index contributed by atoms with van der Waals surface area (Å²) >= 11 is 0. The highest BCUT2D eigenvalue weighted by Gasteiger charge is 2.52. The molecule has 6 heterocycles. The van der Waals surface area contributed by atoms with Crippen LogP contribution in [0.15, 0.2) is 24.3 Å². The number of nitrogens with zero attached hydrogens (tertiary/aromatic N) is 6. The fourth-order valence-electron chi connectivity index (χ4n) is 11.1. The topological polar surface area (TPSA) is 121 Å². The van der Waals surface area contributed by atoms with E-state index in [0.717, 1.165) is 32.1 Å². The van der Waals surface area contributed by atoms with E-state index in [4.69, 9.17) is 43.4 Å². The zero-order chi connectivity index (χ0) is 48.2. The van der Waals surface area contributed by atoms with Gasteiger partial charge in [-0.1, -0.05) is 66.6 Å². The second-order valence-corrected chi connectivity index (χ2v) is 31.9. The van der Waals surface area contributed by atoms with E-state index in [2.05, 4.69) is 75.9 Å². The lowest BCUT2D eigenvalue weighted by molar-refractivity contribution is 0.00537. The van der Waals surface area contributed by atoms with Gasteiger partial charge in [-0.3, -0.25) is 4.90 Å². The van der Waals surface area contributed by atoms with Gasteiger partial charge < -0.3 is 38.2 Å². The SMILES string of the molecule is COCOc1cc(-c2nc3c4c(nc(OC[Si](C)(C)CN5CCOCC5)nc4c2F)N2C[C@H]4CC[C@@H]([C@H]2CO3)N4C(=O)OC(C)(C)C)c2c(C#C[Si](C(C)C)(C(C)C)C(C)C)c(F)ccc2c1. The van der Waals surface area contributed by atoms with Crippen LogP contribution in [0.5, 0.6) is 17.6 Å². The Balaban J connectivity index is 1.32. The van der Waals surface area contributed by atoms with Crippen molar-refractivity contribution in [3.8, 4) is 40.4 Å². The molecule has 2 aromatic heterocycles. The zero-order valence-electron chi connectivity index (χ0n) is 41.3. The number of aromatic nitrogens is 3. The highest BCUT2D eigenvalue weighted by molar-refractivity contribution is 6.90. The van der Waals surface area contributed by atoms with E-state index < -0.39 is 33.4 Å². The number of piperazine rings is 1. The Bertz CT molecular complexity index is 2550. The molecule has 8 rings (SSSR count). The van der Waals surface area contributed by atoms with Gasteiger partial charge in [0.25, 0.3) is 0 Å². The molecule has 13 nitrogen and oxygen atoms in total. The van der Waals surface area contributed by atoms with Gasteiger partial charge in [-0.15, -0.1) is 5.54 Å². The first kappa shape index (κ1) is 48.8. The maximum atomic E-state index is 18.2. The summed E-state index contributed by atoms with van der Waals surface area (Å²) < 4.78 is 70.8. The molecular weight excluding hydrogens is 891 g/mol. The number of methoxy groups -OCH3 is 1. The van der Waals surface area contributed by atoms with Gasteiger partial charge in [0.2, 0.25) is 5.88 Å². The number of halogens is 2. The largest absolute Gasteiger partial charge is 0.475 e. The molecule has 362 valence electrons. The molecule has 4 aromatic rings. The number of hydrogen-bond donors (Lipinski definition) is 0. The van der Waals surface area contributed by atoms with Crippen molar-refractivity contribution < 1.29 is 42.0 Å². The Morgan fingerprint density at radius 2 is 1.66 bits per heavy atom. The highest BCUT2D eigenvalue weighted by atomic mass is 28.3. The molecule has 0 radical (unpaired) electrons. The number of morpholine rings is 1. The first-order chi connectivity index (χ1) is 31.7. The molecule has 4 aliphatic heterocycles. The summed E-state index contributed by atoms with van der Waals surface area (Å²) in [5, 5.41) is 1.28. The quantitative estimate of drug-likeness (QED) is 0.0764. The second-order valence-electron chi connectivity index (χ2n) is 21.4. The van der Waals surface area contributed by atoms with Crippen molar-refractivity contribution in [3.63, 3.8) is 0 Å². The Kier molecular flexibility index (Phi) is 13.9. The number of amides is 1. The molecule has 17 heteroatoms. The molecule has 2 bridgehead atoms. The number of pyridine rings is 1. The normalized spacial score (nSPS) is 20.0. The van der Waals surface area contributed by atoms with Crippen LogP contribution >= 0.6 is 0 Å². The predicted octanol–water partition coefficient (Wildman–Crippen LogP) is 9.52. The maximum Gasteiger partial charge on any atom is 0.410 e. The standard InChI is InChI=1S/C50H68F2N6O7Si2/c1-30(2)67(31(3)4,32(5)6)22-17-36-38(51)15-13-33-23-35(63-28-60-10)24-37(41(33)36)44-43(52)45-42-46(55-48(54-45)64-29-66(11,12)27-56-18-20-61-21-19-56)57-25-34-14-16-39(40(57)26-62-47(42)53-44)58(34)49(59)65-50(7,8)9/h13,15,23-24,30-32,34,39-40H,14,16,18-21,25-29H2,1-12H3/t34-,39+,40-/m1/s1. The number of rotatable bonds is 12. The lowest BCUT2D eigenvalue weighted by Crippen LogP contribution is -2.63. The molecule has 0 unspecified atom stereocenters. The third-order valence-electron chi connectivity index (χ3n) is 14.0. The van der Waals surface area contributed by atoms with E-state index in [1.54, 1.807) is 18.2 Å². The van der Waals surface area contributed by atoms with Crippen LogP contribution in [-0.2, 0) is 14.2 Å². The zero-order valence-corrected chi connectivity index (χ0v) is 43.3. The Hall–Kier alpha value is -4.61. The lowest BCUT2D eigenvalue weighted by atomic mass is 9.95. The highest BCUT2D eigenvalue weighted by Crippen LogP contribution is 2.47. The van der Waals surface area contributed by atoms with Crippen LogP contribution < -0.4 is 19.1 Å². The van der Waals surface area contributed by atoms with Crippen LogP contribution in [0.3, 0.4) is 0 Å². The molecule has 3 atom stereocenters. The average Bonchev–Trinajstić information content (AvgIpc) is 3.50. The van der Waals surface area contributed by atoms with E-state index in [1.165, 1.54) is 13.2 Å². The molecule has 67 heavy (non-hydrogen) atoms. The summed E-state index contributed by atoms with van der Waals surface area (Å²) in [4.78, 5) is 35.1. The van der Waals surface area contributed by atoms with Crippen molar-refractivity contribution in [1.82, 2.24) is 24.8 Å². The number of carbonyl (C=O) groups is 1. The van der Waals surface area contributed by atoms with Crippen molar-refractivity contribution in [2.45, 2.75) is 129 Å². The third-order valence-corrected chi connectivity index (χ3v) is 22.6. The van der Waals surface area contributed by atoms with E-state index in [1.807, 2.05) is 25.7 Å². The number of fused-ring (bicyclic) bond motifs is 6. The Morgan fingerprint density at radius 1 is 0.940 bits per heavy atom. The number of benzene rings is 2. The fourth-order valence-corrected chi connectivity index (χ4v) is 18.5. The summed E-state index contributed by atoms with van der Waals surface area (Å²) in [7, 11) is -2.88. The van der Waals surface area contributed by atoms with Crippen LogP contribution in [0.1, 0.15) is 80.7 Å². The monoisotopic (exact) mass is 958 g/mol. The van der Waals surface area contributed by atoms with Gasteiger partial charge in [-0.05, 0) is 80.0 Å². The van der Waals surface area contributed by atoms with Crippen LogP contribution in [0.2, 0.25) is 29.7 Å². The minimum Gasteiger partial charge on any atom is -0.475 e. The van der Waals surface area contributed by atoms with Gasteiger partial charge in [0.15, 0.2) is 12.6 Å². The summed E-state index contributed by atoms with van der Waals surface area (Å²) in [5.74, 6) is 3.01. The van der Waals surface area contributed by atoms with Crippen LogP contribution in [0, 0.1) is 23.1 Å². The van der Waals surface area contributed by atoms with Crippen molar-refractivity contribution in [2.24, 2.45) is 0 Å². The van der Waals surface area contributed by atoms with Crippen molar-refractivity contribution in [3.05, 3.63) is 41.5 Å². The Labute approximate surface area is 396 Å². The van der Waals surface area contributed by atoms with Crippen molar-refractivity contribution >= 4 is 49.7 Å². The van der Waals surface area contributed by atoms with E-state index in [-0.39, 0.29) is 71.8 Å². The first-order valence-corrected chi connectivity index (χ1v) is 29.5. The van der Waals surface area contributed by atoms with Gasteiger partial charge in [0, 0.05) is 37.7 Å². The van der Waals surface area contributed by atoms with Gasteiger partial charge in [0.05, 0.1) is 43.1 Å². The number of hydrogen-bond acceptors (Lipinski definition) is 12. The van der Waals surface area contributed by atoms with Crippen LogP contribution in [0.25, 0.3) is 32.9 Å². The second kappa shape index (κ2) is 19.1. The third kappa shape index (κ3) is 9.58. The van der Waals surface area contributed by atoms with Gasteiger partial charge >= 0.3 is 12.1 Å². The molecule has 2 aromatic carbocycles. The summed E-state index contributed by atoms with van der Waals surface area (Å²) in [5.41, 5.74) is 4.17. The van der Waals surface area contributed by atoms with E-state index in [9.17, 15) is 4.79 Å². The number of carbonyl (C=O) groups excluding carboxylic acids is 1. The predicted molar refractivity (Wildman–Crippen MR) is 262 cm³/mol. The fraction of sp³-hybridized carbons (Fsp3) is 0.600. The summed E-state index contributed by atoms with van der Waals surface area (Å²) in [6, 6.07) is 5.70. The minimum atomic E-state index is -2.35. The molecule has 0 aliphatic carbocycles. The molecule has 3 fully saturated rings. The lowest BCUT2D eigenvalue weighted by Gasteiger charge is -2.46. The van der Waals surface area contributed by atoms with Crippen molar-refractivity contribution in [1.29, 1.82) is 0 Å². The average molecular weight is 959 g/mol. The molecule has 3 saturated heterocycles.